The molecule has 0 heterocycles. The zero-order valence-electron chi connectivity index (χ0n) is 57.7. The molecule has 25 heteroatoms. The third kappa shape index (κ3) is 34.9. The minimum Gasteiger partial charge on any atom is -0.511 e. The van der Waals surface area contributed by atoms with Crippen LogP contribution in [0.1, 0.15) is 199 Å². The van der Waals surface area contributed by atoms with E-state index in [2.05, 4.69) is 25.9 Å². The van der Waals surface area contributed by atoms with Gasteiger partial charge in [-0.3, -0.25) is 38.8 Å². The molecule has 0 unspecified atom stereocenters. The number of ether oxygens (including phenoxy) is 2. The number of carboxylic acid groups (broad SMARTS) is 1. The van der Waals surface area contributed by atoms with Crippen LogP contribution in [-0.4, -0.2) is 121 Å². The number of amides is 3. The predicted octanol–water partition coefficient (Wildman–Crippen LogP) is 12.3. The number of aliphatic hydroxyl groups is 4. The number of alkyl carbamates (subject to hydrolysis) is 2. The maximum Gasteiger partial charge on any atom is 0.408 e. The molecule has 0 saturated heterocycles. The van der Waals surface area contributed by atoms with Crippen molar-refractivity contribution in [2.24, 2.45) is 44.5 Å². The molecule has 0 bridgehead atoms. The lowest BCUT2D eigenvalue weighted by Crippen LogP contribution is -2.47. The summed E-state index contributed by atoms with van der Waals surface area (Å²) in [7, 11) is 0. The van der Waals surface area contributed by atoms with E-state index < -0.39 is 53.3 Å². The molecule has 4 atom stereocenters. The SMILES string of the molecule is CC(=NCCCC[C@H](CC(=O)[C@@H](NC(=O)OC(C)(C)C)C(C)C)C(=O)Nc1ccc(CO)cc1)C1=C(O)CC(C)(C)CC1=O.CC(=NCCCC[C@H](CC(=O)[C@@H](NC(=O)OC(C)(C)C)C(C)C)C(=O)O)C1=C(O)CC(C)(C)CC1=O.Nc1ccc(CO)cc1.S.S.S.S. The molecule has 3 amide bonds. The number of nitrogens with two attached hydrogens (primary N) is 1. The van der Waals surface area contributed by atoms with Crippen molar-refractivity contribution in [3.05, 3.63) is 82.3 Å². The largest absolute Gasteiger partial charge is 0.511 e. The Bertz CT molecular complexity index is 2880. The van der Waals surface area contributed by atoms with Gasteiger partial charge in [0.1, 0.15) is 22.7 Å². The van der Waals surface area contributed by atoms with Gasteiger partial charge in [0, 0.05) is 80.3 Å². The first kappa shape index (κ1) is 91.3. The topological polar surface area (TPSA) is 343 Å². The number of unbranched alkanes of at least 4 members (excludes halogenated alkanes) is 2. The molecular formula is C68H112N6O15S4. The number of benzene rings is 2. The Labute approximate surface area is 580 Å². The number of aliphatic hydroxyl groups excluding tert-OH is 4. The Morgan fingerprint density at radius 3 is 1.24 bits per heavy atom. The lowest BCUT2D eigenvalue weighted by Gasteiger charge is -2.29. The number of hydrogen-bond acceptors (Lipinski definition) is 17. The summed E-state index contributed by atoms with van der Waals surface area (Å²) in [4.78, 5) is 110. The third-order valence-corrected chi connectivity index (χ3v) is 14.6. The number of anilines is 2. The van der Waals surface area contributed by atoms with Gasteiger partial charge in [0.2, 0.25) is 5.91 Å². The number of allylic oxidation sites excluding steroid dienone is 4. The van der Waals surface area contributed by atoms with E-state index in [1.54, 1.807) is 118 Å². The zero-order valence-corrected chi connectivity index (χ0v) is 61.7. The van der Waals surface area contributed by atoms with E-state index in [1.165, 1.54) is 0 Å². The standard InChI is InChI=1S/C34H51N3O7.C27H44N2O7.C7H9NO.4H2S/c1-21(2)30(37-32(43)44-33(4,5)6)26(39)17-24(31(42)36-25-14-12-23(20-38)13-15-25)11-9-10-16-35-22(3)29-27(40)18-34(7,8)19-28(29)41;1-16(2)23(29-25(35)36-26(4,5)6)19(30)13-18(24(33)34)11-9-10-12-28-17(3)22-20(31)14-27(7,8)15-21(22)32;8-7-3-1-6(5-9)2-4-7;;;;/h12-15,21,24,30,38,40H,9-11,16-20H2,1-8H3,(H,36,42)(H,37,43);16,18,23,31H,9-15H2,1-8H3,(H,29,35)(H,33,34);1-4,9H,5,8H2;4*1H2/t24-,30+;18-,23+;;;;;/m11...../s1. The highest BCUT2D eigenvalue weighted by atomic mass is 32.1. The number of aliphatic imine (C=N–C) groups is 2. The molecule has 10 N–H and O–H groups in total. The van der Waals surface area contributed by atoms with Crippen molar-refractivity contribution in [1.82, 2.24) is 10.6 Å². The smallest absolute Gasteiger partial charge is 0.408 e. The van der Waals surface area contributed by atoms with E-state index in [0.29, 0.717) is 105 Å². The van der Waals surface area contributed by atoms with Gasteiger partial charge in [-0.25, -0.2) is 9.59 Å². The van der Waals surface area contributed by atoms with Gasteiger partial charge in [-0.15, -0.1) is 0 Å². The number of aliphatic carboxylic acids is 1. The minimum atomic E-state index is -1.06. The highest BCUT2D eigenvalue weighted by molar-refractivity contribution is 7.59. The molecule has 2 aliphatic rings. The van der Waals surface area contributed by atoms with Crippen molar-refractivity contribution in [3.63, 3.8) is 0 Å². The summed E-state index contributed by atoms with van der Waals surface area (Å²) in [6.45, 7) is 29.5. The van der Waals surface area contributed by atoms with E-state index in [1.807, 2.05) is 41.5 Å². The van der Waals surface area contributed by atoms with Gasteiger partial charge in [0.15, 0.2) is 23.1 Å². The summed E-state index contributed by atoms with van der Waals surface area (Å²) >= 11 is 0. The second-order valence-corrected chi connectivity index (χ2v) is 27.5. The van der Waals surface area contributed by atoms with E-state index in [9.17, 15) is 58.8 Å². The molecule has 0 aromatic heterocycles. The van der Waals surface area contributed by atoms with E-state index in [4.69, 9.17) is 20.3 Å². The summed E-state index contributed by atoms with van der Waals surface area (Å²) in [5, 5.41) is 56.4. The maximum atomic E-state index is 13.4. The van der Waals surface area contributed by atoms with Crippen molar-refractivity contribution < 1.29 is 73.4 Å². The third-order valence-electron chi connectivity index (χ3n) is 14.6. The normalized spacial score (nSPS) is 15.9. The van der Waals surface area contributed by atoms with Gasteiger partial charge < -0.3 is 56.7 Å². The fourth-order valence-corrected chi connectivity index (χ4v) is 10.1. The Balaban J connectivity index is -0.00000149. The van der Waals surface area contributed by atoms with E-state index in [0.717, 1.165) is 11.3 Å². The first-order chi connectivity index (χ1) is 41.2. The number of nitrogens with one attached hydrogen (secondary N) is 3. The average Bonchev–Trinajstić information content (AvgIpc) is 0.961. The minimum absolute atomic E-state index is 0. The van der Waals surface area contributed by atoms with Crippen LogP contribution < -0.4 is 21.7 Å². The van der Waals surface area contributed by atoms with Crippen molar-refractivity contribution in [2.45, 2.75) is 224 Å². The second kappa shape index (κ2) is 42.5. The molecule has 0 fully saturated rings. The maximum absolute atomic E-state index is 13.4. The zero-order chi connectivity index (χ0) is 67.8. The Morgan fingerprint density at radius 2 is 0.914 bits per heavy atom. The van der Waals surface area contributed by atoms with Crippen LogP contribution in [0.4, 0.5) is 21.0 Å². The lowest BCUT2D eigenvalue weighted by molar-refractivity contribution is -0.144. The number of carboxylic acids is 1. The quantitative estimate of drug-likeness (QED) is 0.0228. The number of nitrogens with zero attached hydrogens (tertiary/aromatic N) is 2. The highest BCUT2D eigenvalue weighted by Crippen LogP contribution is 2.37. The summed E-state index contributed by atoms with van der Waals surface area (Å²) in [6, 6.07) is 12.3. The molecular weight excluding hydrogens is 1270 g/mol. The lowest BCUT2D eigenvalue weighted by atomic mass is 9.76. The summed E-state index contributed by atoms with van der Waals surface area (Å²) < 4.78 is 10.6. The molecule has 4 rings (SSSR count). The van der Waals surface area contributed by atoms with Crippen LogP contribution >= 0.6 is 54.0 Å². The number of carbonyl (C=O) groups is 8. The van der Waals surface area contributed by atoms with Crippen molar-refractivity contribution >= 4 is 124 Å². The highest BCUT2D eigenvalue weighted by Gasteiger charge is 2.37. The average molecular weight is 1380 g/mol. The van der Waals surface area contributed by atoms with Gasteiger partial charge in [0.25, 0.3) is 0 Å². The molecule has 0 saturated carbocycles. The van der Waals surface area contributed by atoms with E-state index >= 15 is 0 Å². The summed E-state index contributed by atoms with van der Waals surface area (Å²) in [5.74, 6) is -4.06. The Hall–Kier alpha value is -5.86. The van der Waals surface area contributed by atoms with Crippen LogP contribution in [0.15, 0.2) is 81.2 Å². The van der Waals surface area contributed by atoms with Crippen LogP contribution in [-0.2, 0) is 51.5 Å². The van der Waals surface area contributed by atoms with Crippen LogP contribution in [0.5, 0.6) is 0 Å². The molecule has 0 aliphatic heterocycles. The molecule has 2 aromatic carbocycles. The summed E-state index contributed by atoms with van der Waals surface area (Å²) in [6.07, 6.45) is 2.87. The molecule has 0 radical (unpaired) electrons. The van der Waals surface area contributed by atoms with Gasteiger partial charge in [0.05, 0.1) is 42.4 Å². The van der Waals surface area contributed by atoms with Gasteiger partial charge in [-0.1, -0.05) is 92.5 Å². The van der Waals surface area contributed by atoms with Gasteiger partial charge in [-0.2, -0.15) is 54.0 Å². The second-order valence-electron chi connectivity index (χ2n) is 27.5. The van der Waals surface area contributed by atoms with Crippen molar-refractivity contribution in [3.8, 4) is 0 Å². The Kier molecular flexibility index (Phi) is 41.8. The molecule has 21 nitrogen and oxygen atoms in total. The van der Waals surface area contributed by atoms with E-state index in [-0.39, 0.29) is 150 Å². The number of ketones is 4. The molecule has 2 aromatic rings. The van der Waals surface area contributed by atoms with Crippen LogP contribution in [0, 0.1) is 34.5 Å². The van der Waals surface area contributed by atoms with Crippen molar-refractivity contribution in [2.75, 3.05) is 24.1 Å². The number of rotatable bonds is 27. The molecule has 528 valence electrons. The molecule has 0 spiro atoms. The fraction of sp³-hybridized carbons (Fsp3) is 0.618. The summed E-state index contributed by atoms with van der Waals surface area (Å²) in [5.41, 5.74) is 7.88. The number of carbonyl (C=O) groups excluding carboxylic acids is 7. The van der Waals surface area contributed by atoms with Gasteiger partial charge in [-0.05, 0) is 139 Å². The predicted molar refractivity (Wildman–Crippen MR) is 388 cm³/mol. The fourth-order valence-electron chi connectivity index (χ4n) is 10.1. The Morgan fingerprint density at radius 1 is 0.570 bits per heavy atom. The van der Waals surface area contributed by atoms with Crippen LogP contribution in [0.2, 0.25) is 0 Å². The first-order valence-corrected chi connectivity index (χ1v) is 30.8. The molecule has 93 heavy (non-hydrogen) atoms. The number of Topliss-reactive ketones (excluding diaryl/α,β-unsaturated/α-hetero) is 4. The molecule has 2 aliphatic carbocycles. The number of nitrogen functional groups attached to an aromatic ring is 1. The van der Waals surface area contributed by atoms with Crippen LogP contribution in [0.25, 0.3) is 0 Å². The first-order valence-electron chi connectivity index (χ1n) is 30.8. The number of hydrogen-bond donors (Lipinski definition) is 9. The van der Waals surface area contributed by atoms with Crippen LogP contribution in [0.3, 0.4) is 0 Å². The monoisotopic (exact) mass is 1380 g/mol. The van der Waals surface area contributed by atoms with Crippen molar-refractivity contribution in [1.29, 1.82) is 0 Å². The van der Waals surface area contributed by atoms with Gasteiger partial charge >= 0.3 is 18.2 Å².